The topological polar surface area (TPSA) is 0 Å². The van der Waals surface area contributed by atoms with Crippen molar-refractivity contribution in [2.24, 2.45) is 0 Å². The van der Waals surface area contributed by atoms with Crippen LogP contribution in [-0.2, 0) is 5.41 Å². The molecule has 0 saturated carbocycles. The zero-order chi connectivity index (χ0) is 13.6. The maximum atomic E-state index is 3.80. The Bertz CT molecular complexity index is 764. The van der Waals surface area contributed by atoms with Crippen molar-refractivity contribution in [2.45, 2.75) is 26.2 Å². The van der Waals surface area contributed by atoms with Crippen molar-refractivity contribution in [1.29, 1.82) is 0 Å². The predicted octanol–water partition coefficient (Wildman–Crippen LogP) is 6.05. The molecule has 96 valence electrons. The van der Waals surface area contributed by atoms with Crippen LogP contribution in [0, 0.1) is 0 Å². The third-order valence-electron chi connectivity index (χ3n) is 3.63. The Balaban J connectivity index is 2.39. The average Bonchev–Trinajstić information content (AvgIpc) is 2.36. The highest BCUT2D eigenvalue weighted by atomic mass is 79.9. The Labute approximate surface area is 122 Å². The molecule has 0 fully saturated rings. The van der Waals surface area contributed by atoms with Crippen molar-refractivity contribution in [3.8, 4) is 0 Å². The lowest BCUT2D eigenvalue weighted by molar-refractivity contribution is 0.588. The summed E-state index contributed by atoms with van der Waals surface area (Å²) in [5.41, 5.74) is 1.51. The molecule has 0 spiro atoms. The van der Waals surface area contributed by atoms with E-state index in [9.17, 15) is 0 Å². The highest BCUT2D eigenvalue weighted by molar-refractivity contribution is 9.10. The van der Waals surface area contributed by atoms with E-state index in [2.05, 4.69) is 85.2 Å². The van der Waals surface area contributed by atoms with Crippen molar-refractivity contribution in [3.63, 3.8) is 0 Å². The molecule has 3 rings (SSSR count). The first kappa shape index (κ1) is 12.7. The lowest BCUT2D eigenvalue weighted by atomic mass is 9.85. The van der Waals surface area contributed by atoms with Gasteiger partial charge in [-0.05, 0) is 60.6 Å². The van der Waals surface area contributed by atoms with E-state index >= 15 is 0 Å². The highest BCUT2D eigenvalue weighted by Crippen LogP contribution is 2.36. The van der Waals surface area contributed by atoms with Crippen molar-refractivity contribution in [2.75, 3.05) is 0 Å². The van der Waals surface area contributed by atoms with Gasteiger partial charge in [0.05, 0.1) is 0 Å². The fourth-order valence-electron chi connectivity index (χ4n) is 2.56. The number of hydrogen-bond donors (Lipinski definition) is 0. The first-order valence-corrected chi connectivity index (χ1v) is 7.37. The van der Waals surface area contributed by atoms with Gasteiger partial charge in [0.1, 0.15) is 0 Å². The number of benzene rings is 3. The van der Waals surface area contributed by atoms with Crippen molar-refractivity contribution < 1.29 is 0 Å². The zero-order valence-corrected chi connectivity index (χ0v) is 13.1. The minimum atomic E-state index is 0.151. The van der Waals surface area contributed by atoms with Crippen molar-refractivity contribution in [3.05, 3.63) is 58.6 Å². The van der Waals surface area contributed by atoms with E-state index < -0.39 is 0 Å². The molecule has 1 heteroatoms. The van der Waals surface area contributed by atoms with Crippen LogP contribution in [0.4, 0.5) is 0 Å². The highest BCUT2D eigenvalue weighted by Gasteiger charge is 2.18. The second-order valence-corrected chi connectivity index (χ2v) is 6.89. The molecule has 0 saturated heterocycles. The molecule has 0 aliphatic heterocycles. The summed E-state index contributed by atoms with van der Waals surface area (Å²) in [7, 11) is 0. The quantitative estimate of drug-likeness (QED) is 0.443. The van der Waals surface area contributed by atoms with Gasteiger partial charge in [0.25, 0.3) is 0 Å². The number of fused-ring (bicyclic) bond motifs is 2. The summed E-state index contributed by atoms with van der Waals surface area (Å²) in [6, 6.07) is 17.5. The fraction of sp³-hybridized carbons (Fsp3) is 0.222. The van der Waals surface area contributed by atoms with E-state index in [-0.39, 0.29) is 5.41 Å². The molecule has 0 bridgehead atoms. The number of hydrogen-bond acceptors (Lipinski definition) is 0. The summed E-state index contributed by atoms with van der Waals surface area (Å²) in [4.78, 5) is 0. The summed E-state index contributed by atoms with van der Waals surface area (Å²) < 4.78 is 1.23. The van der Waals surface area contributed by atoms with Gasteiger partial charge in [0.15, 0.2) is 0 Å². The van der Waals surface area contributed by atoms with Crippen LogP contribution in [0.25, 0.3) is 21.5 Å². The van der Waals surface area contributed by atoms with Gasteiger partial charge in [0.2, 0.25) is 0 Å². The largest absolute Gasteiger partial charge is 0.0616 e. The van der Waals surface area contributed by atoms with Crippen LogP contribution >= 0.6 is 15.9 Å². The molecule has 0 unspecified atom stereocenters. The smallest absolute Gasteiger partial charge is 0.0291 e. The molecule has 0 aromatic heterocycles. The molecule has 19 heavy (non-hydrogen) atoms. The Kier molecular flexibility index (Phi) is 2.90. The third kappa shape index (κ3) is 2.17. The molecule has 0 atom stereocenters. The van der Waals surface area contributed by atoms with E-state index in [1.54, 1.807) is 0 Å². The summed E-state index contributed by atoms with van der Waals surface area (Å²) >= 11 is 3.80. The van der Waals surface area contributed by atoms with Crippen LogP contribution in [0.1, 0.15) is 26.3 Å². The van der Waals surface area contributed by atoms with E-state index in [0.29, 0.717) is 0 Å². The van der Waals surface area contributed by atoms with Gasteiger partial charge in [-0.2, -0.15) is 0 Å². The van der Waals surface area contributed by atoms with Crippen LogP contribution in [0.2, 0.25) is 0 Å². The molecular formula is C18H17Br. The molecule has 0 aliphatic carbocycles. The summed E-state index contributed by atoms with van der Waals surface area (Å²) in [6.07, 6.45) is 0. The molecule has 0 heterocycles. The zero-order valence-electron chi connectivity index (χ0n) is 11.5. The van der Waals surface area contributed by atoms with E-state index in [1.807, 2.05) is 0 Å². The second-order valence-electron chi connectivity index (χ2n) is 6.10. The van der Waals surface area contributed by atoms with Crippen LogP contribution in [-0.4, -0.2) is 0 Å². The van der Waals surface area contributed by atoms with Gasteiger partial charge >= 0.3 is 0 Å². The normalized spacial score (nSPS) is 12.2. The van der Waals surface area contributed by atoms with Crippen LogP contribution in [0.15, 0.2) is 53.0 Å². The summed E-state index contributed by atoms with van der Waals surface area (Å²) in [5.74, 6) is 0. The SMILES string of the molecule is CC(C)(C)c1ccc2cc3ccccc3cc2c1Br. The Morgan fingerprint density at radius 1 is 0.789 bits per heavy atom. The van der Waals surface area contributed by atoms with Crippen LogP contribution in [0.5, 0.6) is 0 Å². The molecule has 3 aromatic rings. The number of rotatable bonds is 0. The fourth-order valence-corrected chi connectivity index (χ4v) is 3.63. The molecule has 0 aliphatic rings. The van der Waals surface area contributed by atoms with Crippen LogP contribution in [0.3, 0.4) is 0 Å². The van der Waals surface area contributed by atoms with Gasteiger partial charge in [-0.15, -0.1) is 0 Å². The molecule has 0 nitrogen and oxygen atoms in total. The maximum Gasteiger partial charge on any atom is 0.0291 e. The van der Waals surface area contributed by atoms with Crippen LogP contribution < -0.4 is 0 Å². The number of halogens is 1. The van der Waals surface area contributed by atoms with Crippen molar-refractivity contribution in [1.82, 2.24) is 0 Å². The van der Waals surface area contributed by atoms with Gasteiger partial charge in [-0.3, -0.25) is 0 Å². The first-order valence-electron chi connectivity index (χ1n) is 6.58. The lowest BCUT2D eigenvalue weighted by Crippen LogP contribution is -2.11. The minimum absolute atomic E-state index is 0.151. The Morgan fingerprint density at radius 2 is 1.42 bits per heavy atom. The predicted molar refractivity (Wildman–Crippen MR) is 87.9 cm³/mol. The van der Waals surface area contributed by atoms with Gasteiger partial charge in [-0.1, -0.05) is 57.2 Å². The van der Waals surface area contributed by atoms with Gasteiger partial charge in [-0.25, -0.2) is 0 Å². The average molecular weight is 313 g/mol. The van der Waals surface area contributed by atoms with Crippen molar-refractivity contribution >= 4 is 37.5 Å². The second kappa shape index (κ2) is 4.35. The first-order chi connectivity index (χ1) is 8.97. The monoisotopic (exact) mass is 312 g/mol. The molecule has 0 radical (unpaired) electrons. The Morgan fingerprint density at radius 3 is 2.05 bits per heavy atom. The molecule has 0 amide bonds. The lowest BCUT2D eigenvalue weighted by Gasteiger charge is -2.22. The maximum absolute atomic E-state index is 3.80. The van der Waals surface area contributed by atoms with E-state index in [4.69, 9.17) is 0 Å². The van der Waals surface area contributed by atoms with E-state index in [0.717, 1.165) is 0 Å². The molecule has 3 aromatic carbocycles. The minimum Gasteiger partial charge on any atom is -0.0616 e. The Hall–Kier alpha value is -1.34. The van der Waals surface area contributed by atoms with Gasteiger partial charge < -0.3 is 0 Å². The summed E-state index contributed by atoms with van der Waals surface area (Å²) in [6.45, 7) is 6.75. The summed E-state index contributed by atoms with van der Waals surface area (Å²) in [5, 5.41) is 5.18. The molecule has 0 N–H and O–H groups in total. The van der Waals surface area contributed by atoms with Gasteiger partial charge in [0, 0.05) is 4.47 Å². The van der Waals surface area contributed by atoms with E-state index in [1.165, 1.54) is 31.6 Å². The molecular weight excluding hydrogens is 296 g/mol. The standard InChI is InChI=1S/C18H17Br/c1-18(2,3)16-9-8-14-10-12-6-4-5-7-13(12)11-15(14)17(16)19/h4-11H,1-3H3. The third-order valence-corrected chi connectivity index (χ3v) is 4.48.